The molecule has 0 aromatic heterocycles. The highest BCUT2D eigenvalue weighted by atomic mass is 35.5. The van der Waals surface area contributed by atoms with Gasteiger partial charge in [0.15, 0.2) is 0 Å². The first-order chi connectivity index (χ1) is 6.91. The molecule has 3 nitrogen and oxygen atoms in total. The number of rotatable bonds is 3. The van der Waals surface area contributed by atoms with Crippen molar-refractivity contribution in [2.45, 2.75) is 19.4 Å². The van der Waals surface area contributed by atoms with Crippen molar-refractivity contribution in [3.8, 4) is 11.5 Å². The number of hydrogen-bond acceptors (Lipinski definition) is 3. The van der Waals surface area contributed by atoms with Gasteiger partial charge in [-0.1, -0.05) is 11.6 Å². The van der Waals surface area contributed by atoms with Crippen LogP contribution >= 0.6 is 11.6 Å². The van der Waals surface area contributed by atoms with E-state index in [0.717, 1.165) is 5.56 Å². The van der Waals surface area contributed by atoms with Crippen LogP contribution in [0.3, 0.4) is 0 Å². The molecule has 0 amide bonds. The van der Waals surface area contributed by atoms with Crippen molar-refractivity contribution in [1.29, 1.82) is 0 Å². The maximum Gasteiger partial charge on any atom is 0.146 e. The summed E-state index contributed by atoms with van der Waals surface area (Å²) in [4.78, 5) is 0. The van der Waals surface area contributed by atoms with Gasteiger partial charge in [-0.2, -0.15) is 0 Å². The molecule has 0 heterocycles. The van der Waals surface area contributed by atoms with Gasteiger partial charge in [0.05, 0.1) is 14.2 Å². The molecule has 2 N–H and O–H groups in total. The average molecular weight is 230 g/mol. The predicted octanol–water partition coefficient (Wildman–Crippen LogP) is 2.55. The van der Waals surface area contributed by atoms with Crippen LogP contribution < -0.4 is 15.2 Å². The average Bonchev–Trinajstić information content (AvgIpc) is 2.15. The summed E-state index contributed by atoms with van der Waals surface area (Å²) in [6.07, 6.45) is 0. The van der Waals surface area contributed by atoms with Crippen LogP contribution in [-0.2, 0) is 5.54 Å². The fraction of sp³-hybridized carbons (Fsp3) is 0.455. The van der Waals surface area contributed by atoms with Gasteiger partial charge < -0.3 is 15.2 Å². The summed E-state index contributed by atoms with van der Waals surface area (Å²) in [7, 11) is 3.13. The molecule has 0 fully saturated rings. The van der Waals surface area contributed by atoms with E-state index < -0.39 is 5.54 Å². The van der Waals surface area contributed by atoms with Crippen molar-refractivity contribution in [3.05, 3.63) is 22.7 Å². The molecule has 0 saturated heterocycles. The van der Waals surface area contributed by atoms with Crippen LogP contribution in [0.4, 0.5) is 0 Å². The molecule has 0 unspecified atom stereocenters. The van der Waals surface area contributed by atoms with E-state index >= 15 is 0 Å². The molecule has 0 atom stereocenters. The van der Waals surface area contributed by atoms with Gasteiger partial charge in [-0.25, -0.2) is 0 Å². The summed E-state index contributed by atoms with van der Waals surface area (Å²) in [5, 5.41) is 0.455. The Kier molecular flexibility index (Phi) is 3.47. The summed E-state index contributed by atoms with van der Waals surface area (Å²) in [5.74, 6) is 1.16. The minimum absolute atomic E-state index is 0.455. The maximum atomic E-state index is 6.11. The van der Waals surface area contributed by atoms with Crippen LogP contribution in [0.1, 0.15) is 19.4 Å². The van der Waals surface area contributed by atoms with Crippen LogP contribution in [0, 0.1) is 0 Å². The van der Waals surface area contributed by atoms with Gasteiger partial charge in [0.1, 0.15) is 16.5 Å². The molecule has 0 spiro atoms. The molecule has 1 rings (SSSR count). The van der Waals surface area contributed by atoms with Crippen LogP contribution in [-0.4, -0.2) is 14.2 Å². The number of ether oxygens (including phenoxy) is 2. The zero-order chi connectivity index (χ0) is 11.6. The van der Waals surface area contributed by atoms with Crippen molar-refractivity contribution in [1.82, 2.24) is 0 Å². The lowest BCUT2D eigenvalue weighted by atomic mass is 9.94. The first-order valence-corrected chi connectivity index (χ1v) is 4.99. The largest absolute Gasteiger partial charge is 0.495 e. The second-order valence-corrected chi connectivity index (χ2v) is 4.26. The standard InChI is InChI=1S/C11H16ClNO2/c1-11(2,13)7-5-6-8(14-3)9(12)10(7)15-4/h5-6H,13H2,1-4H3. The monoisotopic (exact) mass is 229 g/mol. The maximum absolute atomic E-state index is 6.11. The summed E-state index contributed by atoms with van der Waals surface area (Å²) < 4.78 is 10.4. The fourth-order valence-corrected chi connectivity index (χ4v) is 1.72. The highest BCUT2D eigenvalue weighted by molar-refractivity contribution is 6.33. The molecule has 84 valence electrons. The van der Waals surface area contributed by atoms with Crippen molar-refractivity contribution in [2.24, 2.45) is 5.73 Å². The Hall–Kier alpha value is -0.930. The van der Waals surface area contributed by atoms with E-state index in [1.165, 1.54) is 0 Å². The van der Waals surface area contributed by atoms with Gasteiger partial charge in [0.2, 0.25) is 0 Å². The first-order valence-electron chi connectivity index (χ1n) is 4.61. The topological polar surface area (TPSA) is 44.5 Å². The predicted molar refractivity (Wildman–Crippen MR) is 61.8 cm³/mol. The number of hydrogen-bond donors (Lipinski definition) is 1. The van der Waals surface area contributed by atoms with Crippen LogP contribution in [0.2, 0.25) is 5.02 Å². The quantitative estimate of drug-likeness (QED) is 0.867. The lowest BCUT2D eigenvalue weighted by Gasteiger charge is -2.23. The zero-order valence-electron chi connectivity index (χ0n) is 9.43. The van der Waals surface area contributed by atoms with Crippen LogP contribution in [0.25, 0.3) is 0 Å². The second kappa shape index (κ2) is 4.29. The van der Waals surface area contributed by atoms with E-state index in [2.05, 4.69) is 0 Å². The molecule has 1 aromatic carbocycles. The lowest BCUT2D eigenvalue weighted by Crippen LogP contribution is -2.29. The van der Waals surface area contributed by atoms with Crippen molar-refractivity contribution in [2.75, 3.05) is 14.2 Å². The lowest BCUT2D eigenvalue weighted by molar-refractivity contribution is 0.381. The fourth-order valence-electron chi connectivity index (χ4n) is 1.40. The minimum atomic E-state index is -0.499. The normalized spacial score (nSPS) is 11.3. The van der Waals surface area contributed by atoms with Gasteiger partial charge in [-0.05, 0) is 26.0 Å². The van der Waals surface area contributed by atoms with Gasteiger partial charge in [-0.3, -0.25) is 0 Å². The summed E-state index contributed by atoms with van der Waals surface area (Å²) >= 11 is 6.11. The smallest absolute Gasteiger partial charge is 0.146 e. The Labute approximate surface area is 95.1 Å². The third-order valence-corrected chi connectivity index (χ3v) is 2.54. The molecular formula is C11H16ClNO2. The first kappa shape index (κ1) is 12.1. The van der Waals surface area contributed by atoms with Gasteiger partial charge in [0, 0.05) is 11.1 Å². The molecule has 0 aliphatic rings. The third kappa shape index (κ3) is 2.36. The molecular weight excluding hydrogens is 214 g/mol. The molecule has 0 radical (unpaired) electrons. The molecule has 0 bridgehead atoms. The van der Waals surface area contributed by atoms with Gasteiger partial charge >= 0.3 is 0 Å². The molecule has 15 heavy (non-hydrogen) atoms. The number of methoxy groups -OCH3 is 2. The third-order valence-electron chi connectivity index (χ3n) is 2.18. The van der Waals surface area contributed by atoms with Crippen LogP contribution in [0.5, 0.6) is 11.5 Å². The van der Waals surface area contributed by atoms with E-state index in [1.807, 2.05) is 19.9 Å². The number of benzene rings is 1. The summed E-state index contributed by atoms with van der Waals surface area (Å²) in [6, 6.07) is 3.65. The molecule has 4 heteroatoms. The Balaban J connectivity index is 3.38. The molecule has 0 aliphatic carbocycles. The van der Waals surface area contributed by atoms with Crippen molar-refractivity contribution in [3.63, 3.8) is 0 Å². The molecule has 1 aromatic rings. The van der Waals surface area contributed by atoms with Crippen LogP contribution in [0.15, 0.2) is 12.1 Å². The number of halogens is 1. The van der Waals surface area contributed by atoms with Gasteiger partial charge in [0.25, 0.3) is 0 Å². The summed E-state index contributed by atoms with van der Waals surface area (Å²) in [5.41, 5.74) is 6.37. The minimum Gasteiger partial charge on any atom is -0.495 e. The Morgan fingerprint density at radius 3 is 2.20 bits per heavy atom. The Morgan fingerprint density at radius 1 is 1.20 bits per heavy atom. The van der Waals surface area contributed by atoms with Gasteiger partial charge in [-0.15, -0.1) is 0 Å². The molecule has 0 aliphatic heterocycles. The Morgan fingerprint density at radius 2 is 1.80 bits per heavy atom. The zero-order valence-corrected chi connectivity index (χ0v) is 10.2. The number of nitrogens with two attached hydrogens (primary N) is 1. The highest BCUT2D eigenvalue weighted by Gasteiger charge is 2.22. The summed E-state index contributed by atoms with van der Waals surface area (Å²) in [6.45, 7) is 3.79. The highest BCUT2D eigenvalue weighted by Crippen LogP contribution is 2.40. The molecule has 0 saturated carbocycles. The van der Waals surface area contributed by atoms with Crippen molar-refractivity contribution < 1.29 is 9.47 Å². The van der Waals surface area contributed by atoms with E-state index in [9.17, 15) is 0 Å². The Bertz CT molecular complexity index is 358. The van der Waals surface area contributed by atoms with E-state index in [0.29, 0.717) is 16.5 Å². The van der Waals surface area contributed by atoms with E-state index in [-0.39, 0.29) is 0 Å². The van der Waals surface area contributed by atoms with E-state index in [1.54, 1.807) is 20.3 Å². The van der Waals surface area contributed by atoms with E-state index in [4.69, 9.17) is 26.8 Å². The van der Waals surface area contributed by atoms with Crippen molar-refractivity contribution >= 4 is 11.6 Å². The SMILES string of the molecule is COc1ccc(C(C)(C)N)c(OC)c1Cl. The second-order valence-electron chi connectivity index (χ2n) is 3.88.